The van der Waals surface area contributed by atoms with E-state index in [4.69, 9.17) is 18.9 Å². The third-order valence-corrected chi connectivity index (χ3v) is 9.18. The van der Waals surface area contributed by atoms with E-state index < -0.39 is 36.0 Å². The standard InChI is InChI=1S/C36H46N4O8/c1-5-29(31(47-33(41)25-11-12-25)15-27-17-37-21-39(27)3)35(43)45-19-23-7-9-24(10-8-23)20-46-36(44)30(6-2)32(48-34(42)26-13-14-26)16-28-18-38-22-40(28)4/h7-10,17-18,21-22,25-26,29-32H,5-6,11-16,19-20H2,1-4H3/t29-,30+,31?,32?. The number of imidazole rings is 2. The Morgan fingerprint density at radius 2 is 1.06 bits per heavy atom. The number of benzene rings is 1. The maximum atomic E-state index is 13.3. The molecular formula is C36H46N4O8. The van der Waals surface area contributed by atoms with Crippen LogP contribution in [0.2, 0.25) is 0 Å². The predicted octanol–water partition coefficient (Wildman–Crippen LogP) is 4.42. The average Bonchev–Trinajstić information content (AvgIpc) is 4.01. The van der Waals surface area contributed by atoms with E-state index in [1.165, 1.54) is 0 Å². The van der Waals surface area contributed by atoms with Gasteiger partial charge in [-0.2, -0.15) is 0 Å². The fraction of sp³-hybridized carbons (Fsp3) is 0.556. The predicted molar refractivity (Wildman–Crippen MR) is 173 cm³/mol. The van der Waals surface area contributed by atoms with E-state index in [1.54, 1.807) is 25.0 Å². The summed E-state index contributed by atoms with van der Waals surface area (Å²) < 4.78 is 26.8. The van der Waals surface area contributed by atoms with E-state index in [1.807, 2.05) is 61.3 Å². The molecule has 0 spiro atoms. The minimum atomic E-state index is -0.657. The molecule has 5 rings (SSSR count). The van der Waals surface area contributed by atoms with Gasteiger partial charge in [0, 0.05) is 50.7 Å². The number of esters is 4. The van der Waals surface area contributed by atoms with E-state index in [2.05, 4.69) is 9.97 Å². The zero-order valence-corrected chi connectivity index (χ0v) is 28.2. The summed E-state index contributed by atoms with van der Waals surface area (Å²) in [7, 11) is 3.73. The number of carbonyl (C=O) groups is 4. The molecule has 0 amide bonds. The van der Waals surface area contributed by atoms with Crippen molar-refractivity contribution in [3.05, 3.63) is 71.8 Å². The largest absolute Gasteiger partial charge is 0.461 e. The smallest absolute Gasteiger partial charge is 0.313 e. The lowest BCUT2D eigenvalue weighted by molar-refractivity contribution is -0.165. The maximum Gasteiger partial charge on any atom is 0.313 e. The van der Waals surface area contributed by atoms with Crippen LogP contribution < -0.4 is 0 Å². The van der Waals surface area contributed by atoms with E-state index in [0.717, 1.165) is 48.2 Å². The molecule has 2 heterocycles. The zero-order chi connectivity index (χ0) is 34.2. The molecule has 12 heteroatoms. The van der Waals surface area contributed by atoms with Gasteiger partial charge in [0.15, 0.2) is 0 Å². The normalized spacial score (nSPS) is 16.8. The van der Waals surface area contributed by atoms with Crippen LogP contribution in [0.3, 0.4) is 0 Å². The summed E-state index contributed by atoms with van der Waals surface area (Å²) >= 11 is 0. The number of aryl methyl sites for hydroxylation is 2. The number of hydrogen-bond donors (Lipinski definition) is 0. The highest BCUT2D eigenvalue weighted by atomic mass is 16.6. The first-order valence-electron chi connectivity index (χ1n) is 16.9. The third-order valence-electron chi connectivity index (χ3n) is 9.18. The Balaban J connectivity index is 1.15. The van der Waals surface area contributed by atoms with Crippen molar-refractivity contribution in [1.29, 1.82) is 0 Å². The number of hydrogen-bond acceptors (Lipinski definition) is 10. The minimum Gasteiger partial charge on any atom is -0.461 e. The molecular weight excluding hydrogens is 616 g/mol. The van der Waals surface area contributed by atoms with Crippen LogP contribution in [0.1, 0.15) is 74.9 Å². The fourth-order valence-electron chi connectivity index (χ4n) is 5.65. The van der Waals surface area contributed by atoms with Crippen LogP contribution in [0.5, 0.6) is 0 Å². The van der Waals surface area contributed by atoms with E-state index in [0.29, 0.717) is 25.7 Å². The number of ether oxygens (including phenoxy) is 4. The van der Waals surface area contributed by atoms with Gasteiger partial charge in [-0.1, -0.05) is 38.1 Å². The van der Waals surface area contributed by atoms with Gasteiger partial charge in [-0.25, -0.2) is 9.97 Å². The Morgan fingerprint density at radius 3 is 1.35 bits per heavy atom. The summed E-state index contributed by atoms with van der Waals surface area (Å²) in [4.78, 5) is 59.9. The molecule has 48 heavy (non-hydrogen) atoms. The molecule has 0 aliphatic heterocycles. The van der Waals surface area contributed by atoms with Gasteiger partial charge in [-0.3, -0.25) is 19.2 Å². The van der Waals surface area contributed by atoms with Gasteiger partial charge in [0.1, 0.15) is 25.4 Å². The molecule has 2 unspecified atom stereocenters. The topological polar surface area (TPSA) is 141 Å². The van der Waals surface area contributed by atoms with Crippen molar-refractivity contribution in [1.82, 2.24) is 19.1 Å². The lowest BCUT2D eigenvalue weighted by Crippen LogP contribution is -2.36. The first-order chi connectivity index (χ1) is 23.2. The third kappa shape index (κ3) is 9.32. The van der Waals surface area contributed by atoms with Crippen molar-refractivity contribution in [2.45, 2.75) is 90.6 Å². The van der Waals surface area contributed by atoms with Crippen molar-refractivity contribution in [3.8, 4) is 0 Å². The number of nitrogens with zero attached hydrogens (tertiary/aromatic N) is 4. The van der Waals surface area contributed by atoms with Crippen molar-refractivity contribution >= 4 is 23.9 Å². The molecule has 2 fully saturated rings. The SMILES string of the molecule is CC[C@H](C(=O)OCc1ccc(COC(=O)[C@H](CC)C(Cc2cncn2C)OC(=O)C2CC2)cc1)C(Cc1cncn1C)OC(=O)C1CC1. The quantitative estimate of drug-likeness (QED) is 0.142. The zero-order valence-electron chi connectivity index (χ0n) is 28.2. The molecule has 1 aromatic carbocycles. The molecule has 2 saturated carbocycles. The van der Waals surface area contributed by atoms with Crippen molar-refractivity contribution < 1.29 is 38.1 Å². The average molecular weight is 663 g/mol. The van der Waals surface area contributed by atoms with Crippen LogP contribution >= 0.6 is 0 Å². The Labute approximate surface area is 281 Å². The van der Waals surface area contributed by atoms with Crippen LogP contribution in [-0.4, -0.2) is 55.2 Å². The molecule has 0 N–H and O–H groups in total. The summed E-state index contributed by atoms with van der Waals surface area (Å²) in [6.45, 7) is 3.85. The van der Waals surface area contributed by atoms with Crippen LogP contribution in [0.25, 0.3) is 0 Å². The van der Waals surface area contributed by atoms with E-state index in [9.17, 15) is 19.2 Å². The summed E-state index contributed by atoms with van der Waals surface area (Å²) in [5.41, 5.74) is 3.25. The molecule has 4 atom stereocenters. The van der Waals surface area contributed by atoms with Crippen LogP contribution in [-0.2, 0) is 78.3 Å². The van der Waals surface area contributed by atoms with Crippen molar-refractivity contribution in [2.75, 3.05) is 0 Å². The summed E-state index contributed by atoms with van der Waals surface area (Å²) in [5, 5.41) is 0. The number of aromatic nitrogens is 4. The molecule has 2 aliphatic carbocycles. The highest BCUT2D eigenvalue weighted by Crippen LogP contribution is 2.33. The Hall–Kier alpha value is -4.48. The molecule has 0 radical (unpaired) electrons. The van der Waals surface area contributed by atoms with Crippen LogP contribution in [0.15, 0.2) is 49.3 Å². The fourth-order valence-corrected chi connectivity index (χ4v) is 5.65. The molecule has 0 saturated heterocycles. The Bertz CT molecular complexity index is 1440. The highest BCUT2D eigenvalue weighted by Gasteiger charge is 2.39. The van der Waals surface area contributed by atoms with Crippen molar-refractivity contribution in [3.63, 3.8) is 0 Å². The van der Waals surface area contributed by atoms with Gasteiger partial charge < -0.3 is 28.1 Å². The first-order valence-corrected chi connectivity index (χ1v) is 16.9. The van der Waals surface area contributed by atoms with E-state index >= 15 is 0 Å². The summed E-state index contributed by atoms with van der Waals surface area (Å²) in [6.07, 6.45) is 10.3. The molecule has 258 valence electrons. The van der Waals surface area contributed by atoms with Gasteiger partial charge >= 0.3 is 23.9 Å². The van der Waals surface area contributed by atoms with Gasteiger partial charge in [0.2, 0.25) is 0 Å². The summed E-state index contributed by atoms with van der Waals surface area (Å²) in [5.74, 6) is -2.82. The minimum absolute atomic E-state index is 0.0460. The molecule has 12 nitrogen and oxygen atoms in total. The molecule has 2 aromatic heterocycles. The second-order valence-corrected chi connectivity index (χ2v) is 13.0. The highest BCUT2D eigenvalue weighted by molar-refractivity contribution is 5.78. The summed E-state index contributed by atoms with van der Waals surface area (Å²) in [6, 6.07) is 7.27. The Kier molecular flexibility index (Phi) is 11.7. The van der Waals surface area contributed by atoms with Gasteiger partial charge in [-0.15, -0.1) is 0 Å². The second-order valence-electron chi connectivity index (χ2n) is 13.0. The molecule has 2 aliphatic rings. The van der Waals surface area contributed by atoms with Gasteiger partial charge in [0.05, 0.1) is 36.3 Å². The monoisotopic (exact) mass is 662 g/mol. The molecule has 3 aromatic rings. The number of carbonyl (C=O) groups excluding carboxylic acids is 4. The lowest BCUT2D eigenvalue weighted by atomic mass is 9.95. The maximum absolute atomic E-state index is 13.3. The first kappa shape index (κ1) is 34.8. The van der Waals surface area contributed by atoms with E-state index in [-0.39, 0.29) is 37.0 Å². The van der Waals surface area contributed by atoms with Crippen molar-refractivity contribution in [2.24, 2.45) is 37.8 Å². The second kappa shape index (κ2) is 16.1. The van der Waals surface area contributed by atoms with Gasteiger partial charge in [0.25, 0.3) is 0 Å². The lowest BCUT2D eigenvalue weighted by Gasteiger charge is -2.25. The van der Waals surface area contributed by atoms with Crippen LogP contribution in [0.4, 0.5) is 0 Å². The molecule has 0 bridgehead atoms. The number of rotatable bonds is 18. The van der Waals surface area contributed by atoms with Gasteiger partial charge in [-0.05, 0) is 49.7 Å². The van der Waals surface area contributed by atoms with Crippen LogP contribution in [0, 0.1) is 23.7 Å². The Morgan fingerprint density at radius 1 is 0.688 bits per heavy atom.